The van der Waals surface area contributed by atoms with Crippen molar-refractivity contribution in [3.63, 3.8) is 0 Å². The van der Waals surface area contributed by atoms with Crippen molar-refractivity contribution in [3.05, 3.63) is 30.1 Å². The number of rotatable bonds is 11. The van der Waals surface area contributed by atoms with Crippen molar-refractivity contribution in [2.75, 3.05) is 0 Å². The van der Waals surface area contributed by atoms with Gasteiger partial charge in [0, 0.05) is 24.4 Å². The van der Waals surface area contributed by atoms with E-state index in [-0.39, 0.29) is 6.04 Å². The Morgan fingerprint density at radius 3 is 2.32 bits per heavy atom. The first-order valence-corrected chi connectivity index (χ1v) is 7.98. The van der Waals surface area contributed by atoms with Crippen LogP contribution < -0.4 is 5.73 Å². The van der Waals surface area contributed by atoms with Gasteiger partial charge in [-0.3, -0.25) is 4.98 Å². The fraction of sp³-hybridized carbons (Fsp3) is 0.706. The predicted octanol–water partition coefficient (Wildman–Crippen LogP) is 4.48. The lowest BCUT2D eigenvalue weighted by atomic mass is 10.0. The second kappa shape index (κ2) is 11.0. The summed E-state index contributed by atoms with van der Waals surface area (Å²) in [5.41, 5.74) is 7.27. The highest BCUT2D eigenvalue weighted by Gasteiger charge is 2.04. The molecule has 0 aliphatic carbocycles. The zero-order valence-corrected chi connectivity index (χ0v) is 12.5. The van der Waals surface area contributed by atoms with Crippen LogP contribution in [0.1, 0.15) is 70.4 Å². The van der Waals surface area contributed by atoms with Crippen molar-refractivity contribution in [3.8, 4) is 0 Å². The first kappa shape index (κ1) is 16.2. The Morgan fingerprint density at radius 1 is 1.00 bits per heavy atom. The molecule has 1 heterocycles. The first-order valence-electron chi connectivity index (χ1n) is 7.98. The zero-order valence-electron chi connectivity index (χ0n) is 12.5. The molecule has 0 aliphatic rings. The van der Waals surface area contributed by atoms with Crippen molar-refractivity contribution < 1.29 is 0 Å². The number of nitrogens with zero attached hydrogens (tertiary/aromatic N) is 1. The van der Waals surface area contributed by atoms with Gasteiger partial charge in [-0.15, -0.1) is 0 Å². The molecule has 2 N–H and O–H groups in total. The Labute approximate surface area is 118 Å². The summed E-state index contributed by atoms with van der Waals surface area (Å²) in [5.74, 6) is 0. The van der Waals surface area contributed by atoms with Gasteiger partial charge in [0.05, 0.1) is 0 Å². The summed E-state index contributed by atoms with van der Waals surface area (Å²) < 4.78 is 0. The smallest absolute Gasteiger partial charge is 0.0419 e. The van der Waals surface area contributed by atoms with Gasteiger partial charge in [0.2, 0.25) is 0 Å². The van der Waals surface area contributed by atoms with E-state index >= 15 is 0 Å². The normalized spacial score (nSPS) is 12.5. The van der Waals surface area contributed by atoms with Gasteiger partial charge in [-0.2, -0.15) is 0 Å². The Bertz CT molecular complexity index is 297. The highest BCUT2D eigenvalue weighted by molar-refractivity contribution is 5.04. The Kier molecular flexibility index (Phi) is 9.34. The summed E-state index contributed by atoms with van der Waals surface area (Å²) in [6.07, 6.45) is 14.8. The molecule has 1 atom stereocenters. The summed E-state index contributed by atoms with van der Waals surface area (Å²) in [6, 6.07) is 6.32. The van der Waals surface area contributed by atoms with E-state index in [1.807, 2.05) is 18.3 Å². The molecule has 108 valence electrons. The summed E-state index contributed by atoms with van der Waals surface area (Å²) in [7, 11) is 0. The second-order valence-electron chi connectivity index (χ2n) is 5.55. The van der Waals surface area contributed by atoms with Crippen LogP contribution in [-0.4, -0.2) is 11.0 Å². The molecule has 0 saturated carbocycles. The average Bonchev–Trinajstić information content (AvgIpc) is 2.43. The molecular weight excluding hydrogens is 232 g/mol. The van der Waals surface area contributed by atoms with Crippen LogP contribution in [0, 0.1) is 0 Å². The maximum atomic E-state index is 6.15. The first-order chi connectivity index (χ1) is 9.33. The van der Waals surface area contributed by atoms with E-state index < -0.39 is 0 Å². The molecule has 1 unspecified atom stereocenters. The van der Waals surface area contributed by atoms with Crippen LogP contribution >= 0.6 is 0 Å². The third kappa shape index (κ3) is 8.77. The molecule has 0 radical (unpaired) electrons. The molecule has 0 aromatic carbocycles. The molecule has 2 nitrogen and oxygen atoms in total. The van der Waals surface area contributed by atoms with Crippen LogP contribution in [0.3, 0.4) is 0 Å². The number of hydrogen-bond donors (Lipinski definition) is 1. The Hall–Kier alpha value is -0.890. The van der Waals surface area contributed by atoms with E-state index in [0.29, 0.717) is 0 Å². The fourth-order valence-corrected chi connectivity index (χ4v) is 2.43. The van der Waals surface area contributed by atoms with E-state index in [0.717, 1.165) is 18.5 Å². The van der Waals surface area contributed by atoms with E-state index in [4.69, 9.17) is 5.73 Å². The van der Waals surface area contributed by atoms with Gasteiger partial charge < -0.3 is 5.73 Å². The highest BCUT2D eigenvalue weighted by Crippen LogP contribution is 2.11. The van der Waals surface area contributed by atoms with Gasteiger partial charge in [-0.25, -0.2) is 0 Å². The molecule has 0 aliphatic heterocycles. The van der Waals surface area contributed by atoms with Crippen molar-refractivity contribution >= 4 is 0 Å². The monoisotopic (exact) mass is 262 g/mol. The highest BCUT2D eigenvalue weighted by atomic mass is 14.7. The third-order valence-corrected chi connectivity index (χ3v) is 3.63. The minimum absolute atomic E-state index is 0.273. The third-order valence-electron chi connectivity index (χ3n) is 3.63. The standard InChI is InChI=1S/C17H30N2/c1-2-3-4-5-6-7-8-9-12-16(18)15-17-13-10-11-14-19-17/h10-11,13-14,16H,2-9,12,15,18H2,1H3. The van der Waals surface area contributed by atoms with Crippen molar-refractivity contribution in [2.24, 2.45) is 5.73 Å². The maximum Gasteiger partial charge on any atom is 0.0419 e. The lowest BCUT2D eigenvalue weighted by Gasteiger charge is -2.10. The summed E-state index contributed by atoms with van der Waals surface area (Å²) in [4.78, 5) is 4.32. The van der Waals surface area contributed by atoms with Crippen molar-refractivity contribution in [1.29, 1.82) is 0 Å². The topological polar surface area (TPSA) is 38.9 Å². The molecule has 1 aromatic heterocycles. The van der Waals surface area contributed by atoms with Crippen LogP contribution in [0.2, 0.25) is 0 Å². The lowest BCUT2D eigenvalue weighted by molar-refractivity contribution is 0.522. The van der Waals surface area contributed by atoms with Crippen LogP contribution in [0.4, 0.5) is 0 Å². The molecule has 2 heteroatoms. The van der Waals surface area contributed by atoms with Crippen LogP contribution in [0.5, 0.6) is 0 Å². The number of aromatic nitrogens is 1. The molecule has 1 aromatic rings. The predicted molar refractivity (Wildman–Crippen MR) is 83.1 cm³/mol. The number of hydrogen-bond acceptors (Lipinski definition) is 2. The number of pyridine rings is 1. The quantitative estimate of drug-likeness (QED) is 0.597. The summed E-state index contributed by atoms with van der Waals surface area (Å²) >= 11 is 0. The average molecular weight is 262 g/mol. The minimum atomic E-state index is 0.273. The van der Waals surface area contributed by atoms with Crippen molar-refractivity contribution in [1.82, 2.24) is 4.98 Å². The molecule has 0 fully saturated rings. The Morgan fingerprint density at radius 2 is 1.68 bits per heavy atom. The van der Waals surface area contributed by atoms with Gasteiger partial charge in [0.25, 0.3) is 0 Å². The molecule has 0 bridgehead atoms. The largest absolute Gasteiger partial charge is 0.327 e. The maximum absolute atomic E-state index is 6.15. The zero-order chi connectivity index (χ0) is 13.8. The van der Waals surface area contributed by atoms with Crippen molar-refractivity contribution in [2.45, 2.75) is 77.2 Å². The van der Waals surface area contributed by atoms with Crippen LogP contribution in [-0.2, 0) is 6.42 Å². The van der Waals surface area contributed by atoms with Crippen LogP contribution in [0.15, 0.2) is 24.4 Å². The summed E-state index contributed by atoms with van der Waals surface area (Å²) in [5, 5.41) is 0. The second-order valence-corrected chi connectivity index (χ2v) is 5.55. The molecular formula is C17H30N2. The van der Waals surface area contributed by atoms with Gasteiger partial charge in [0.15, 0.2) is 0 Å². The minimum Gasteiger partial charge on any atom is -0.327 e. The van der Waals surface area contributed by atoms with E-state index in [1.165, 1.54) is 51.4 Å². The van der Waals surface area contributed by atoms with E-state index in [9.17, 15) is 0 Å². The lowest BCUT2D eigenvalue weighted by Crippen LogP contribution is -2.23. The van der Waals surface area contributed by atoms with Gasteiger partial charge in [0.1, 0.15) is 0 Å². The van der Waals surface area contributed by atoms with E-state index in [1.54, 1.807) is 0 Å². The van der Waals surface area contributed by atoms with Crippen LogP contribution in [0.25, 0.3) is 0 Å². The summed E-state index contributed by atoms with van der Waals surface area (Å²) in [6.45, 7) is 2.27. The number of nitrogens with two attached hydrogens (primary N) is 1. The molecule has 19 heavy (non-hydrogen) atoms. The fourth-order valence-electron chi connectivity index (χ4n) is 2.43. The SMILES string of the molecule is CCCCCCCCCCC(N)Cc1ccccn1. The van der Waals surface area contributed by atoms with E-state index in [2.05, 4.69) is 18.0 Å². The molecule has 1 rings (SSSR count). The van der Waals surface area contributed by atoms with Gasteiger partial charge in [-0.1, -0.05) is 64.4 Å². The van der Waals surface area contributed by atoms with Gasteiger partial charge >= 0.3 is 0 Å². The van der Waals surface area contributed by atoms with Gasteiger partial charge in [-0.05, 0) is 18.6 Å². The Balaban J connectivity index is 1.94. The number of unbranched alkanes of at least 4 members (excludes halogenated alkanes) is 7. The molecule has 0 spiro atoms. The molecule has 0 saturated heterocycles. The molecule has 0 amide bonds.